The van der Waals surface area contributed by atoms with Gasteiger partial charge in [-0.2, -0.15) is 0 Å². The van der Waals surface area contributed by atoms with Crippen LogP contribution in [0.4, 0.5) is 0 Å². The molecule has 0 saturated carbocycles. The van der Waals surface area contributed by atoms with Crippen molar-refractivity contribution in [3.63, 3.8) is 0 Å². The van der Waals surface area contributed by atoms with Gasteiger partial charge in [0.15, 0.2) is 0 Å². The molecule has 2 fully saturated rings. The SMILES string of the molecule is COC(=O)CN1CC[C@@H]2OC(=O)CC[C@H]21. The topological polar surface area (TPSA) is 55.8 Å². The molecular weight excluding hydrogens is 198 g/mol. The molecule has 84 valence electrons. The van der Waals surface area contributed by atoms with E-state index in [1.54, 1.807) is 0 Å². The molecular formula is C10H15NO4. The maximum absolute atomic E-state index is 11.1. The number of fused-ring (bicyclic) bond motifs is 1. The maximum atomic E-state index is 11.1. The lowest BCUT2D eigenvalue weighted by molar-refractivity contribution is -0.156. The van der Waals surface area contributed by atoms with Gasteiger partial charge in [-0.25, -0.2) is 0 Å². The molecule has 0 aliphatic carbocycles. The lowest BCUT2D eigenvalue weighted by atomic mass is 10.0. The number of carbonyl (C=O) groups is 2. The smallest absolute Gasteiger partial charge is 0.319 e. The fraction of sp³-hybridized carbons (Fsp3) is 0.800. The van der Waals surface area contributed by atoms with Crippen molar-refractivity contribution in [1.29, 1.82) is 0 Å². The molecule has 0 aromatic carbocycles. The molecule has 0 spiro atoms. The molecule has 0 aromatic heterocycles. The first-order valence-corrected chi connectivity index (χ1v) is 5.21. The Bertz CT molecular complexity index is 279. The van der Waals surface area contributed by atoms with Gasteiger partial charge in [0.25, 0.3) is 0 Å². The van der Waals surface area contributed by atoms with Crippen molar-refractivity contribution in [3.05, 3.63) is 0 Å². The Morgan fingerprint density at radius 2 is 2.40 bits per heavy atom. The summed E-state index contributed by atoms with van der Waals surface area (Å²) in [4.78, 5) is 24.2. The summed E-state index contributed by atoms with van der Waals surface area (Å²) in [5.74, 6) is -0.344. The van der Waals surface area contributed by atoms with Gasteiger partial charge in [0.1, 0.15) is 6.10 Å². The number of hydrogen-bond acceptors (Lipinski definition) is 5. The summed E-state index contributed by atoms with van der Waals surface area (Å²) in [6, 6.07) is 0.210. The summed E-state index contributed by atoms with van der Waals surface area (Å²) >= 11 is 0. The first-order chi connectivity index (χ1) is 7.20. The predicted octanol–water partition coefficient (Wildman–Crippen LogP) is -0.0607. The molecule has 0 N–H and O–H groups in total. The minimum Gasteiger partial charge on any atom is -0.468 e. The van der Waals surface area contributed by atoms with Crippen molar-refractivity contribution in [1.82, 2.24) is 4.90 Å². The van der Waals surface area contributed by atoms with Crippen LogP contribution in [0.2, 0.25) is 0 Å². The second-order valence-corrected chi connectivity index (χ2v) is 3.97. The van der Waals surface area contributed by atoms with Crippen molar-refractivity contribution < 1.29 is 19.1 Å². The number of methoxy groups -OCH3 is 1. The zero-order valence-corrected chi connectivity index (χ0v) is 8.77. The summed E-state index contributed by atoms with van der Waals surface area (Å²) in [6.07, 6.45) is 2.06. The standard InChI is InChI=1S/C10H15NO4/c1-14-10(13)6-11-5-4-8-7(11)2-3-9(12)15-8/h7-8H,2-6H2,1H3/t7-,8+/m1/s1. The van der Waals surface area contributed by atoms with Crippen molar-refractivity contribution in [2.24, 2.45) is 0 Å². The number of hydrogen-bond donors (Lipinski definition) is 0. The first-order valence-electron chi connectivity index (χ1n) is 5.21. The van der Waals surface area contributed by atoms with E-state index in [9.17, 15) is 9.59 Å². The summed E-state index contributed by atoms with van der Waals surface area (Å²) in [5.41, 5.74) is 0. The normalized spacial score (nSPS) is 30.9. The van der Waals surface area contributed by atoms with Crippen LogP contribution in [0.5, 0.6) is 0 Å². The van der Waals surface area contributed by atoms with Gasteiger partial charge in [-0.15, -0.1) is 0 Å². The van der Waals surface area contributed by atoms with Crippen molar-refractivity contribution in [2.45, 2.75) is 31.4 Å². The van der Waals surface area contributed by atoms with Crippen LogP contribution in [0.25, 0.3) is 0 Å². The molecule has 0 unspecified atom stereocenters. The molecule has 0 bridgehead atoms. The van der Waals surface area contributed by atoms with Gasteiger partial charge in [-0.1, -0.05) is 0 Å². The monoisotopic (exact) mass is 213 g/mol. The van der Waals surface area contributed by atoms with E-state index >= 15 is 0 Å². The zero-order chi connectivity index (χ0) is 10.8. The van der Waals surface area contributed by atoms with Crippen LogP contribution in [-0.2, 0) is 19.1 Å². The van der Waals surface area contributed by atoms with Crippen molar-refractivity contribution in [3.8, 4) is 0 Å². The Hall–Kier alpha value is -1.10. The second kappa shape index (κ2) is 4.18. The lowest BCUT2D eigenvalue weighted by Crippen LogP contribution is -2.43. The largest absolute Gasteiger partial charge is 0.468 e. The van der Waals surface area contributed by atoms with E-state index in [2.05, 4.69) is 4.74 Å². The van der Waals surface area contributed by atoms with E-state index in [0.29, 0.717) is 13.0 Å². The van der Waals surface area contributed by atoms with E-state index in [1.807, 2.05) is 4.90 Å². The maximum Gasteiger partial charge on any atom is 0.319 e. The minimum absolute atomic E-state index is 0.0177. The number of rotatable bonds is 2. The number of ether oxygens (including phenoxy) is 2. The second-order valence-electron chi connectivity index (χ2n) is 3.97. The predicted molar refractivity (Wildman–Crippen MR) is 51.1 cm³/mol. The number of nitrogens with zero attached hydrogens (tertiary/aromatic N) is 1. The fourth-order valence-corrected chi connectivity index (χ4v) is 2.31. The average molecular weight is 213 g/mol. The Kier molecular flexibility index (Phi) is 2.90. The molecule has 5 heteroatoms. The summed E-state index contributed by atoms with van der Waals surface area (Å²) in [6.45, 7) is 1.10. The Morgan fingerprint density at radius 3 is 3.13 bits per heavy atom. The van der Waals surface area contributed by atoms with E-state index < -0.39 is 0 Å². The van der Waals surface area contributed by atoms with Crippen LogP contribution < -0.4 is 0 Å². The van der Waals surface area contributed by atoms with Crippen LogP contribution in [0.15, 0.2) is 0 Å². The molecule has 0 radical (unpaired) electrons. The summed E-state index contributed by atoms with van der Waals surface area (Å²) < 4.78 is 9.85. The van der Waals surface area contributed by atoms with E-state index in [4.69, 9.17) is 4.74 Å². The van der Waals surface area contributed by atoms with Gasteiger partial charge in [-0.3, -0.25) is 14.5 Å². The highest BCUT2D eigenvalue weighted by molar-refractivity contribution is 5.72. The highest BCUT2D eigenvalue weighted by atomic mass is 16.5. The third-order valence-electron chi connectivity index (χ3n) is 3.09. The van der Waals surface area contributed by atoms with Crippen molar-refractivity contribution >= 4 is 11.9 Å². The molecule has 5 nitrogen and oxygen atoms in total. The van der Waals surface area contributed by atoms with Crippen LogP contribution >= 0.6 is 0 Å². The fourth-order valence-electron chi connectivity index (χ4n) is 2.31. The van der Waals surface area contributed by atoms with Crippen LogP contribution in [0.3, 0.4) is 0 Å². The lowest BCUT2D eigenvalue weighted by Gasteiger charge is -2.30. The van der Waals surface area contributed by atoms with Crippen molar-refractivity contribution in [2.75, 3.05) is 20.2 Å². The Labute approximate surface area is 88.3 Å². The highest BCUT2D eigenvalue weighted by Crippen LogP contribution is 2.28. The van der Waals surface area contributed by atoms with Gasteiger partial charge >= 0.3 is 11.9 Å². The molecule has 2 aliphatic heterocycles. The summed E-state index contributed by atoms with van der Waals surface area (Å²) in [5, 5.41) is 0. The zero-order valence-electron chi connectivity index (χ0n) is 8.77. The molecule has 0 aromatic rings. The molecule has 2 aliphatic rings. The van der Waals surface area contributed by atoms with Gasteiger partial charge in [0, 0.05) is 19.0 Å². The van der Waals surface area contributed by atoms with Gasteiger partial charge < -0.3 is 9.47 Å². The Balaban J connectivity index is 1.94. The van der Waals surface area contributed by atoms with Crippen LogP contribution in [0.1, 0.15) is 19.3 Å². The third kappa shape index (κ3) is 2.12. The summed E-state index contributed by atoms with van der Waals surface area (Å²) in [7, 11) is 1.39. The van der Waals surface area contributed by atoms with Crippen LogP contribution in [-0.4, -0.2) is 49.2 Å². The average Bonchev–Trinajstić information content (AvgIpc) is 2.60. The Morgan fingerprint density at radius 1 is 1.60 bits per heavy atom. The third-order valence-corrected chi connectivity index (χ3v) is 3.09. The molecule has 2 rings (SSSR count). The molecule has 15 heavy (non-hydrogen) atoms. The quantitative estimate of drug-likeness (QED) is 0.601. The molecule has 2 atom stereocenters. The number of carbonyl (C=O) groups excluding carboxylic acids is 2. The molecule has 2 saturated heterocycles. The minimum atomic E-state index is -0.229. The van der Waals surface area contributed by atoms with Gasteiger partial charge in [0.2, 0.25) is 0 Å². The number of likely N-dealkylation sites (tertiary alicyclic amines) is 1. The molecule has 0 amide bonds. The van der Waals surface area contributed by atoms with Gasteiger partial charge in [0.05, 0.1) is 13.7 Å². The van der Waals surface area contributed by atoms with Gasteiger partial charge in [-0.05, 0) is 12.8 Å². The first kappa shape index (κ1) is 10.4. The number of esters is 2. The molecule has 2 heterocycles. The van der Waals surface area contributed by atoms with E-state index in [1.165, 1.54) is 7.11 Å². The van der Waals surface area contributed by atoms with E-state index in [-0.39, 0.29) is 24.1 Å². The highest BCUT2D eigenvalue weighted by Gasteiger charge is 2.40. The van der Waals surface area contributed by atoms with Crippen LogP contribution in [0, 0.1) is 0 Å². The van der Waals surface area contributed by atoms with E-state index in [0.717, 1.165) is 19.4 Å².